The van der Waals surface area contributed by atoms with Gasteiger partial charge in [-0.15, -0.1) is 0 Å². The molecule has 0 aliphatic heterocycles. The van der Waals surface area contributed by atoms with Gasteiger partial charge in [0.05, 0.1) is 19.1 Å². The van der Waals surface area contributed by atoms with E-state index in [1.165, 1.54) is 6.92 Å². The summed E-state index contributed by atoms with van der Waals surface area (Å²) in [6.07, 6.45) is -5.78. The Morgan fingerprint density at radius 1 is 1.35 bits per heavy atom. The molecule has 5 N–H and O–H groups in total. The van der Waals surface area contributed by atoms with Crippen LogP contribution in [0.3, 0.4) is 0 Å². The number of hydrogen-bond acceptors (Lipinski definition) is 6. The number of carbonyl (C=O) groups is 2. The molecule has 0 heterocycles. The summed E-state index contributed by atoms with van der Waals surface area (Å²) in [6, 6.07) is 0. The molecule has 0 aromatic heterocycles. The summed E-state index contributed by atoms with van der Waals surface area (Å²) in [7, 11) is 0. The van der Waals surface area contributed by atoms with E-state index in [9.17, 15) is 19.8 Å². The fourth-order valence-electron chi connectivity index (χ4n) is 0.918. The average molecular weight is 248 g/mol. The van der Waals surface area contributed by atoms with Crippen molar-refractivity contribution in [1.29, 1.82) is 0 Å². The van der Waals surface area contributed by atoms with E-state index in [-0.39, 0.29) is 10.9 Å². The van der Waals surface area contributed by atoms with Crippen molar-refractivity contribution in [2.45, 2.75) is 31.7 Å². The van der Waals surface area contributed by atoms with E-state index < -0.39 is 43.2 Å². The SMILES string of the molecule is [2H]N(C(=O)C[C@@H](O)[C@H](O)[C@H](O)CO)C(=O)C(=C)C. The minimum atomic E-state index is -1.74. The second kappa shape index (κ2) is 7.13. The Hall–Kier alpha value is -1.28. The Kier molecular flexibility index (Phi) is 5.78. The molecular weight excluding hydrogens is 230 g/mol. The Balaban J connectivity index is 4.48. The summed E-state index contributed by atoms with van der Waals surface area (Å²) < 4.78 is 7.17. The van der Waals surface area contributed by atoms with E-state index in [2.05, 4.69) is 6.58 Å². The molecule has 0 saturated heterocycles. The normalized spacial score (nSPS) is 16.6. The van der Waals surface area contributed by atoms with Crippen molar-refractivity contribution >= 4 is 11.8 Å². The van der Waals surface area contributed by atoms with Crippen LogP contribution in [0.5, 0.6) is 0 Å². The van der Waals surface area contributed by atoms with Crippen molar-refractivity contribution in [3.8, 4) is 0 Å². The number of amides is 2. The lowest BCUT2D eigenvalue weighted by molar-refractivity contribution is -0.133. The zero-order chi connectivity index (χ0) is 14.5. The quantitative estimate of drug-likeness (QED) is 0.335. The molecule has 98 valence electrons. The van der Waals surface area contributed by atoms with Crippen molar-refractivity contribution in [2.24, 2.45) is 0 Å². The van der Waals surface area contributed by atoms with Gasteiger partial charge >= 0.3 is 0 Å². The van der Waals surface area contributed by atoms with Crippen LogP contribution in [0.4, 0.5) is 0 Å². The highest BCUT2D eigenvalue weighted by Crippen LogP contribution is 2.04. The fourth-order valence-corrected chi connectivity index (χ4v) is 0.918. The molecule has 0 unspecified atom stereocenters. The predicted molar refractivity (Wildman–Crippen MR) is 57.7 cm³/mol. The standard InChI is InChI=1S/C10H17NO6/c1-5(2)10(17)11-8(15)3-6(13)9(16)7(14)4-12/h6-7,9,12-14,16H,1,3-4H2,2H3,(H,11,15,17)/t6-,7-,9+/m1/s1/i/hD. The molecule has 0 aromatic rings. The van der Waals surface area contributed by atoms with Crippen LogP contribution in [-0.2, 0) is 9.59 Å². The van der Waals surface area contributed by atoms with Crippen LogP contribution in [0, 0.1) is 0 Å². The van der Waals surface area contributed by atoms with Crippen LogP contribution in [0.15, 0.2) is 12.2 Å². The number of carbonyl (C=O) groups excluding carboxylic acids is 2. The average Bonchev–Trinajstić information content (AvgIpc) is 2.34. The monoisotopic (exact) mass is 248 g/mol. The van der Waals surface area contributed by atoms with Crippen LogP contribution in [0.25, 0.3) is 0 Å². The summed E-state index contributed by atoms with van der Waals surface area (Å²) in [5, 5.41) is 36.2. The van der Waals surface area contributed by atoms with Crippen LogP contribution < -0.4 is 5.31 Å². The first-order valence-electron chi connectivity index (χ1n) is 5.33. The zero-order valence-corrected chi connectivity index (χ0v) is 9.41. The van der Waals surface area contributed by atoms with Crippen molar-refractivity contribution in [2.75, 3.05) is 6.61 Å². The van der Waals surface area contributed by atoms with Gasteiger partial charge in [-0.1, -0.05) is 6.58 Å². The maximum absolute atomic E-state index is 11.4. The lowest BCUT2D eigenvalue weighted by Crippen LogP contribution is -2.43. The Morgan fingerprint density at radius 2 is 1.88 bits per heavy atom. The molecule has 0 aliphatic rings. The molecule has 0 bridgehead atoms. The van der Waals surface area contributed by atoms with Crippen LogP contribution in [0.1, 0.15) is 13.3 Å². The summed E-state index contributed by atoms with van der Waals surface area (Å²) >= 11 is 0. The van der Waals surface area contributed by atoms with Gasteiger partial charge in [0.25, 0.3) is 5.91 Å². The van der Waals surface area contributed by atoms with Crippen LogP contribution in [0.2, 0.25) is 1.41 Å². The van der Waals surface area contributed by atoms with Gasteiger partial charge in [-0.25, -0.2) is 0 Å². The summed E-state index contributed by atoms with van der Waals surface area (Å²) in [6.45, 7) is 3.79. The molecule has 0 aliphatic carbocycles. The van der Waals surface area contributed by atoms with Gasteiger partial charge in [0.15, 0.2) is 1.41 Å². The molecule has 0 rings (SSSR count). The Bertz CT molecular complexity index is 334. The number of rotatable bonds is 6. The van der Waals surface area contributed by atoms with Gasteiger partial charge in [0, 0.05) is 5.57 Å². The molecule has 2 amide bonds. The van der Waals surface area contributed by atoms with E-state index in [1.54, 1.807) is 0 Å². The number of imide groups is 1. The largest absolute Gasteiger partial charge is 0.394 e. The number of aliphatic hydroxyl groups is 4. The lowest BCUT2D eigenvalue weighted by Gasteiger charge is -2.20. The summed E-state index contributed by atoms with van der Waals surface area (Å²) in [5.41, 5.74) is -0.0243. The molecule has 17 heavy (non-hydrogen) atoms. The number of aliphatic hydroxyl groups excluding tert-OH is 4. The van der Waals surface area contributed by atoms with E-state index in [1.807, 2.05) is 0 Å². The smallest absolute Gasteiger partial charge is 0.252 e. The highest BCUT2D eigenvalue weighted by atomic mass is 16.4. The molecule has 0 aromatic carbocycles. The molecule has 0 fully saturated rings. The van der Waals surface area contributed by atoms with Gasteiger partial charge in [0.2, 0.25) is 5.91 Å². The topological polar surface area (TPSA) is 127 Å². The molecule has 7 nitrogen and oxygen atoms in total. The molecule has 0 spiro atoms. The molecule has 0 radical (unpaired) electrons. The Labute approximate surface area is 99.8 Å². The van der Waals surface area contributed by atoms with Crippen molar-refractivity contribution in [3.63, 3.8) is 0 Å². The van der Waals surface area contributed by atoms with E-state index >= 15 is 0 Å². The molecule has 0 saturated carbocycles. The van der Waals surface area contributed by atoms with Crippen molar-refractivity contribution in [1.82, 2.24) is 5.31 Å². The maximum Gasteiger partial charge on any atom is 0.252 e. The summed E-state index contributed by atoms with van der Waals surface area (Å²) in [5.74, 6) is -1.98. The van der Waals surface area contributed by atoms with Gasteiger partial charge in [-0.05, 0) is 6.92 Å². The number of hydrogen-bond donors (Lipinski definition) is 5. The predicted octanol–water partition coefficient (Wildman–Crippen LogP) is -2.33. The van der Waals surface area contributed by atoms with Crippen molar-refractivity contribution < 1.29 is 31.4 Å². The van der Waals surface area contributed by atoms with Crippen LogP contribution >= 0.6 is 0 Å². The first-order valence-corrected chi connectivity index (χ1v) is 4.89. The highest BCUT2D eigenvalue weighted by Gasteiger charge is 2.26. The first-order chi connectivity index (χ1) is 8.22. The minimum absolute atomic E-state index is 0.0175. The third-order valence-electron chi connectivity index (χ3n) is 1.95. The van der Waals surface area contributed by atoms with Gasteiger partial charge in [-0.3, -0.25) is 14.9 Å². The fraction of sp³-hybridized carbons (Fsp3) is 0.600. The molecular formula is C10H17NO6. The zero-order valence-electron chi connectivity index (χ0n) is 10.4. The first kappa shape index (κ1) is 13.8. The third-order valence-corrected chi connectivity index (χ3v) is 1.95. The second-order valence-corrected chi connectivity index (χ2v) is 3.60. The molecule has 3 atom stereocenters. The summed E-state index contributed by atoms with van der Waals surface area (Å²) in [4.78, 5) is 22.6. The van der Waals surface area contributed by atoms with Crippen molar-refractivity contribution in [3.05, 3.63) is 12.2 Å². The van der Waals surface area contributed by atoms with E-state index in [0.29, 0.717) is 0 Å². The van der Waals surface area contributed by atoms with Gasteiger partial charge in [0.1, 0.15) is 12.2 Å². The van der Waals surface area contributed by atoms with Crippen LogP contribution in [-0.4, -0.2) is 57.2 Å². The van der Waals surface area contributed by atoms with Gasteiger partial charge < -0.3 is 20.4 Å². The second-order valence-electron chi connectivity index (χ2n) is 3.60. The lowest BCUT2D eigenvalue weighted by atomic mass is 10.1. The Morgan fingerprint density at radius 3 is 2.29 bits per heavy atom. The van der Waals surface area contributed by atoms with E-state index in [0.717, 1.165) is 0 Å². The number of nitrogens with one attached hydrogen (secondary N) is 1. The maximum atomic E-state index is 11.4. The van der Waals surface area contributed by atoms with E-state index in [4.69, 9.17) is 11.6 Å². The highest BCUT2D eigenvalue weighted by molar-refractivity contribution is 6.03. The van der Waals surface area contributed by atoms with Gasteiger partial charge in [-0.2, -0.15) is 0 Å². The minimum Gasteiger partial charge on any atom is -0.394 e. The molecule has 7 heteroatoms. The third kappa shape index (κ3) is 5.55.